The predicted octanol–water partition coefficient (Wildman–Crippen LogP) is 10.2. The Morgan fingerprint density at radius 1 is 0.605 bits per heavy atom. The van der Waals surface area contributed by atoms with E-state index in [4.69, 9.17) is 0 Å². The lowest BCUT2D eigenvalue weighted by Crippen LogP contribution is -2.11. The molecule has 0 bridgehead atoms. The van der Waals surface area contributed by atoms with Crippen LogP contribution in [0.2, 0.25) is 0 Å². The first kappa shape index (κ1) is 21.4. The van der Waals surface area contributed by atoms with Gasteiger partial charge in [0.2, 0.25) is 0 Å². The molecule has 178 valence electrons. The number of thiophene rings is 1. The number of aromatic nitrogens is 1. The summed E-state index contributed by atoms with van der Waals surface area (Å²) >= 11 is 1.88. The molecule has 7 aromatic rings. The van der Waals surface area contributed by atoms with Crippen molar-refractivity contribution in [2.45, 2.75) is 0 Å². The van der Waals surface area contributed by atoms with Gasteiger partial charge in [-0.3, -0.25) is 4.98 Å². The highest BCUT2D eigenvalue weighted by Gasteiger charge is 2.24. The smallest absolute Gasteiger partial charge is 0.0780 e. The second kappa shape index (κ2) is 8.41. The van der Waals surface area contributed by atoms with Gasteiger partial charge in [0.15, 0.2) is 0 Å². The Labute approximate surface area is 224 Å². The summed E-state index contributed by atoms with van der Waals surface area (Å²) in [7, 11) is 0. The lowest BCUT2D eigenvalue weighted by molar-refractivity contribution is 1.29. The van der Waals surface area contributed by atoms with Crippen LogP contribution in [0.25, 0.3) is 54.4 Å². The van der Waals surface area contributed by atoms with Crippen LogP contribution >= 0.6 is 11.3 Å². The summed E-state index contributed by atoms with van der Waals surface area (Å²) < 4.78 is 2.63. The average molecular weight is 503 g/mol. The van der Waals surface area contributed by atoms with Crippen LogP contribution < -0.4 is 4.90 Å². The number of benzene rings is 5. The van der Waals surface area contributed by atoms with E-state index in [0.29, 0.717) is 0 Å². The molecule has 3 heterocycles. The maximum absolute atomic E-state index is 4.68. The molecule has 2 nitrogen and oxygen atoms in total. The Bertz CT molecular complexity index is 2030. The second-order valence-electron chi connectivity index (χ2n) is 9.63. The summed E-state index contributed by atoms with van der Waals surface area (Å²) in [6.07, 6.45) is 6.37. The van der Waals surface area contributed by atoms with Gasteiger partial charge in [-0.25, -0.2) is 0 Å². The van der Waals surface area contributed by atoms with Gasteiger partial charge < -0.3 is 4.90 Å². The minimum Gasteiger partial charge on any atom is -0.308 e. The minimum absolute atomic E-state index is 1.03. The van der Waals surface area contributed by atoms with Crippen LogP contribution in [0.4, 0.5) is 17.1 Å². The molecule has 0 N–H and O–H groups in total. The summed E-state index contributed by atoms with van der Waals surface area (Å²) in [5.41, 5.74) is 9.35. The summed E-state index contributed by atoms with van der Waals surface area (Å²) in [4.78, 5) is 7.12. The number of pyridine rings is 1. The summed E-state index contributed by atoms with van der Waals surface area (Å²) in [6, 6.07) is 41.4. The van der Waals surface area contributed by atoms with Crippen LogP contribution in [-0.2, 0) is 0 Å². The molecule has 8 rings (SSSR count). The Morgan fingerprint density at radius 3 is 2.37 bits per heavy atom. The van der Waals surface area contributed by atoms with Crippen molar-refractivity contribution in [2.24, 2.45) is 0 Å². The zero-order valence-electron chi connectivity index (χ0n) is 20.5. The maximum atomic E-state index is 4.68. The fourth-order valence-corrected chi connectivity index (χ4v) is 6.93. The molecule has 0 radical (unpaired) electrons. The summed E-state index contributed by atoms with van der Waals surface area (Å²) in [5, 5.41) is 3.78. The largest absolute Gasteiger partial charge is 0.308 e. The van der Waals surface area contributed by atoms with E-state index in [9.17, 15) is 0 Å². The Hall–Kier alpha value is -4.73. The topological polar surface area (TPSA) is 16.1 Å². The van der Waals surface area contributed by atoms with Crippen LogP contribution in [0.5, 0.6) is 0 Å². The van der Waals surface area contributed by atoms with Gasteiger partial charge in [-0.05, 0) is 41.5 Å². The molecular formula is C35H22N2S. The molecule has 1 aliphatic rings. The van der Waals surface area contributed by atoms with Gasteiger partial charge >= 0.3 is 0 Å². The van der Waals surface area contributed by atoms with E-state index < -0.39 is 0 Å². The van der Waals surface area contributed by atoms with E-state index in [-0.39, 0.29) is 0 Å². The molecule has 0 unspecified atom stereocenters. The number of fused-ring (bicyclic) bond motifs is 7. The zero-order chi connectivity index (χ0) is 25.1. The number of hydrogen-bond acceptors (Lipinski definition) is 3. The van der Waals surface area contributed by atoms with Crippen molar-refractivity contribution in [2.75, 3.05) is 4.90 Å². The minimum atomic E-state index is 1.03. The van der Waals surface area contributed by atoms with Crippen molar-refractivity contribution in [3.8, 4) is 11.1 Å². The molecule has 38 heavy (non-hydrogen) atoms. The van der Waals surface area contributed by atoms with E-state index in [0.717, 1.165) is 22.2 Å². The first-order valence-corrected chi connectivity index (χ1v) is 13.6. The van der Waals surface area contributed by atoms with Crippen LogP contribution in [0.3, 0.4) is 0 Å². The molecule has 2 aromatic heterocycles. The normalized spacial score (nSPS) is 12.6. The highest BCUT2D eigenvalue weighted by atomic mass is 32.1. The molecule has 0 saturated heterocycles. The van der Waals surface area contributed by atoms with Gasteiger partial charge in [0.25, 0.3) is 0 Å². The standard InChI is InChI=1S/C35H22N2S/c1-3-12-31-24(7-1)14-15-26-18-21-30-29-10-2-4-13-32(29)38-35(30)34(26)37(31)27-19-16-23(17-20-27)28-11-5-8-25-9-6-22-36-33(25)28/h1-22H. The van der Waals surface area contributed by atoms with Crippen molar-refractivity contribution in [1.82, 2.24) is 4.98 Å². The molecule has 0 amide bonds. The van der Waals surface area contributed by atoms with Gasteiger partial charge in [0.1, 0.15) is 0 Å². The molecule has 0 saturated carbocycles. The fraction of sp³-hybridized carbons (Fsp3) is 0. The van der Waals surface area contributed by atoms with Gasteiger partial charge in [0.05, 0.1) is 21.6 Å². The van der Waals surface area contributed by atoms with E-state index >= 15 is 0 Å². The third-order valence-electron chi connectivity index (χ3n) is 7.46. The predicted molar refractivity (Wildman–Crippen MR) is 164 cm³/mol. The average Bonchev–Trinajstić information content (AvgIpc) is 3.27. The van der Waals surface area contributed by atoms with Gasteiger partial charge in [0, 0.05) is 43.9 Å². The Kier molecular flexibility index (Phi) is 4.73. The Balaban J connectivity index is 1.36. The monoisotopic (exact) mass is 502 g/mol. The third kappa shape index (κ3) is 3.22. The fourth-order valence-electron chi connectivity index (χ4n) is 5.68. The quantitative estimate of drug-likeness (QED) is 0.234. The van der Waals surface area contributed by atoms with E-state index in [1.165, 1.54) is 48.2 Å². The lowest BCUT2D eigenvalue weighted by atomic mass is 10.0. The number of hydrogen-bond donors (Lipinski definition) is 0. The molecule has 0 aliphatic carbocycles. The number of anilines is 3. The first-order valence-electron chi connectivity index (χ1n) is 12.8. The highest BCUT2D eigenvalue weighted by Crippen LogP contribution is 2.49. The SMILES string of the molecule is C1=Cc2ccc3c(sc4ccccc43)c2N(c2ccc(-c3cccc4cccnc34)cc2)c2ccccc21. The molecular weight excluding hydrogens is 480 g/mol. The number of nitrogens with zero attached hydrogens (tertiary/aromatic N) is 2. The molecule has 0 spiro atoms. The first-order chi connectivity index (χ1) is 18.8. The van der Waals surface area contributed by atoms with Crippen molar-refractivity contribution < 1.29 is 0 Å². The van der Waals surface area contributed by atoms with Gasteiger partial charge in [-0.2, -0.15) is 0 Å². The van der Waals surface area contributed by atoms with E-state index in [1.807, 2.05) is 23.6 Å². The second-order valence-corrected chi connectivity index (χ2v) is 10.7. The molecule has 0 fully saturated rings. The van der Waals surface area contributed by atoms with Crippen LogP contribution in [0.1, 0.15) is 11.1 Å². The molecule has 3 heteroatoms. The number of rotatable bonds is 2. The Morgan fingerprint density at radius 2 is 1.42 bits per heavy atom. The van der Waals surface area contributed by atoms with Crippen LogP contribution in [0.15, 0.2) is 121 Å². The molecule has 0 atom stereocenters. The van der Waals surface area contributed by atoms with Crippen molar-refractivity contribution in [3.63, 3.8) is 0 Å². The van der Waals surface area contributed by atoms with Crippen molar-refractivity contribution in [1.29, 1.82) is 0 Å². The lowest BCUT2D eigenvalue weighted by Gasteiger charge is -2.28. The van der Waals surface area contributed by atoms with E-state index in [2.05, 4.69) is 131 Å². The van der Waals surface area contributed by atoms with Gasteiger partial charge in [-0.15, -0.1) is 11.3 Å². The summed E-state index contributed by atoms with van der Waals surface area (Å²) in [5.74, 6) is 0. The third-order valence-corrected chi connectivity index (χ3v) is 8.66. The van der Waals surface area contributed by atoms with E-state index in [1.54, 1.807) is 0 Å². The van der Waals surface area contributed by atoms with Crippen molar-refractivity contribution >= 4 is 71.6 Å². The van der Waals surface area contributed by atoms with Gasteiger partial charge in [-0.1, -0.05) is 97.1 Å². The molecule has 1 aliphatic heterocycles. The number of para-hydroxylation sites is 2. The zero-order valence-corrected chi connectivity index (χ0v) is 21.3. The molecule has 5 aromatic carbocycles. The van der Waals surface area contributed by atoms with Crippen LogP contribution in [0, 0.1) is 0 Å². The highest BCUT2D eigenvalue weighted by molar-refractivity contribution is 7.26. The summed E-state index contributed by atoms with van der Waals surface area (Å²) in [6.45, 7) is 0. The maximum Gasteiger partial charge on any atom is 0.0780 e. The van der Waals surface area contributed by atoms with Crippen LogP contribution in [-0.4, -0.2) is 4.98 Å². The van der Waals surface area contributed by atoms with Crippen molar-refractivity contribution in [3.05, 3.63) is 133 Å².